The highest BCUT2D eigenvalue weighted by Crippen LogP contribution is 2.32. The monoisotopic (exact) mass is 513 g/mol. The standard InChI is InChI=1S/C25H18Cl3N3O3/c1-13-6-8-17(11-19(13)26)30-23(32)15-4-3-5-16(10-15)29-22-21(28)24(33)31(25(22)34)18-9-7-14(2)20(27)12-18/h3-12,29H,1-2H3,(H,30,32). The van der Waals surface area contributed by atoms with Gasteiger partial charge in [-0.3, -0.25) is 14.4 Å². The van der Waals surface area contributed by atoms with Gasteiger partial charge in [0.2, 0.25) is 0 Å². The number of amides is 3. The van der Waals surface area contributed by atoms with E-state index in [-0.39, 0.29) is 16.6 Å². The Morgan fingerprint density at radius 1 is 0.794 bits per heavy atom. The number of aryl methyl sites for hydroxylation is 2. The Morgan fingerprint density at radius 2 is 1.47 bits per heavy atom. The fraction of sp³-hybridized carbons (Fsp3) is 0.0800. The zero-order chi connectivity index (χ0) is 24.6. The van der Waals surface area contributed by atoms with Crippen molar-refractivity contribution in [2.45, 2.75) is 13.8 Å². The minimum atomic E-state index is -0.667. The molecule has 1 heterocycles. The smallest absolute Gasteiger partial charge is 0.283 e. The summed E-state index contributed by atoms with van der Waals surface area (Å²) in [4.78, 5) is 39.4. The quantitative estimate of drug-likeness (QED) is 0.392. The number of halogens is 3. The number of carbonyl (C=O) groups excluding carboxylic acids is 3. The number of carbonyl (C=O) groups is 3. The van der Waals surface area contributed by atoms with E-state index >= 15 is 0 Å². The Morgan fingerprint density at radius 3 is 2.15 bits per heavy atom. The Kier molecular flexibility index (Phi) is 6.66. The van der Waals surface area contributed by atoms with Crippen LogP contribution < -0.4 is 15.5 Å². The maximum atomic E-state index is 13.0. The van der Waals surface area contributed by atoms with E-state index in [9.17, 15) is 14.4 Å². The number of nitrogens with one attached hydrogen (secondary N) is 2. The molecular weight excluding hydrogens is 497 g/mol. The lowest BCUT2D eigenvalue weighted by Gasteiger charge is -2.16. The Labute approximate surface area is 211 Å². The van der Waals surface area contributed by atoms with Gasteiger partial charge >= 0.3 is 0 Å². The molecule has 2 N–H and O–H groups in total. The normalized spacial score (nSPS) is 13.5. The van der Waals surface area contributed by atoms with Gasteiger partial charge in [-0.25, -0.2) is 4.90 Å². The van der Waals surface area contributed by atoms with E-state index in [0.717, 1.165) is 16.0 Å². The number of imide groups is 1. The van der Waals surface area contributed by atoms with Gasteiger partial charge < -0.3 is 10.6 Å². The molecule has 0 saturated heterocycles. The molecule has 1 aliphatic rings. The van der Waals surface area contributed by atoms with Crippen molar-refractivity contribution in [3.63, 3.8) is 0 Å². The van der Waals surface area contributed by atoms with Gasteiger partial charge in [-0.05, 0) is 67.4 Å². The zero-order valence-electron chi connectivity index (χ0n) is 18.1. The van der Waals surface area contributed by atoms with Crippen LogP contribution in [0.1, 0.15) is 21.5 Å². The molecule has 0 bridgehead atoms. The van der Waals surface area contributed by atoms with Crippen LogP contribution in [0.5, 0.6) is 0 Å². The number of hydrogen-bond donors (Lipinski definition) is 2. The molecule has 0 saturated carbocycles. The zero-order valence-corrected chi connectivity index (χ0v) is 20.3. The van der Waals surface area contributed by atoms with E-state index in [0.29, 0.717) is 32.7 Å². The molecule has 0 aliphatic carbocycles. The molecule has 0 unspecified atom stereocenters. The number of hydrogen-bond acceptors (Lipinski definition) is 4. The van der Waals surface area contributed by atoms with Crippen LogP contribution in [-0.4, -0.2) is 17.7 Å². The predicted octanol–water partition coefficient (Wildman–Crippen LogP) is 6.30. The fourth-order valence-corrected chi connectivity index (χ4v) is 3.89. The highest BCUT2D eigenvalue weighted by molar-refractivity contribution is 6.53. The highest BCUT2D eigenvalue weighted by atomic mass is 35.5. The van der Waals surface area contributed by atoms with E-state index in [4.69, 9.17) is 34.8 Å². The summed E-state index contributed by atoms with van der Waals surface area (Å²) in [6, 6.07) is 16.5. The second-order valence-corrected chi connectivity index (χ2v) is 8.88. The first-order chi connectivity index (χ1) is 16.2. The molecule has 3 aromatic carbocycles. The fourth-order valence-electron chi connectivity index (χ4n) is 3.32. The maximum absolute atomic E-state index is 13.0. The van der Waals surface area contributed by atoms with Crippen LogP contribution in [-0.2, 0) is 9.59 Å². The molecule has 3 amide bonds. The first kappa shape index (κ1) is 23.8. The molecule has 4 rings (SSSR count). The second-order valence-electron chi connectivity index (χ2n) is 7.69. The molecule has 172 valence electrons. The average molecular weight is 515 g/mol. The van der Waals surface area contributed by atoms with Gasteiger partial charge in [-0.15, -0.1) is 0 Å². The summed E-state index contributed by atoms with van der Waals surface area (Å²) in [6.45, 7) is 3.68. The van der Waals surface area contributed by atoms with Crippen molar-refractivity contribution < 1.29 is 14.4 Å². The van der Waals surface area contributed by atoms with Crippen molar-refractivity contribution >= 4 is 69.6 Å². The van der Waals surface area contributed by atoms with Crippen LogP contribution in [0, 0.1) is 13.8 Å². The average Bonchev–Trinajstić information content (AvgIpc) is 3.01. The summed E-state index contributed by atoms with van der Waals surface area (Å²) in [5, 5.41) is 6.36. The minimum absolute atomic E-state index is 0.0914. The maximum Gasteiger partial charge on any atom is 0.283 e. The molecule has 0 spiro atoms. The minimum Gasteiger partial charge on any atom is -0.350 e. The van der Waals surface area contributed by atoms with Crippen LogP contribution in [0.3, 0.4) is 0 Å². The first-order valence-corrected chi connectivity index (χ1v) is 11.3. The number of anilines is 3. The predicted molar refractivity (Wildman–Crippen MR) is 136 cm³/mol. The Balaban J connectivity index is 1.54. The van der Waals surface area contributed by atoms with Crippen LogP contribution in [0.2, 0.25) is 10.0 Å². The van der Waals surface area contributed by atoms with Crippen LogP contribution >= 0.6 is 34.8 Å². The number of rotatable bonds is 5. The van der Waals surface area contributed by atoms with Crippen molar-refractivity contribution in [3.05, 3.63) is 98.1 Å². The molecule has 1 aliphatic heterocycles. The molecule has 34 heavy (non-hydrogen) atoms. The van der Waals surface area contributed by atoms with Gasteiger partial charge in [-0.1, -0.05) is 53.0 Å². The molecule has 0 atom stereocenters. The van der Waals surface area contributed by atoms with E-state index in [1.807, 2.05) is 13.8 Å². The highest BCUT2D eigenvalue weighted by Gasteiger charge is 2.39. The van der Waals surface area contributed by atoms with Gasteiger partial charge in [0.05, 0.1) is 5.69 Å². The van der Waals surface area contributed by atoms with E-state index in [1.54, 1.807) is 54.6 Å². The molecule has 9 heteroatoms. The molecule has 0 radical (unpaired) electrons. The van der Waals surface area contributed by atoms with E-state index < -0.39 is 11.8 Å². The van der Waals surface area contributed by atoms with Crippen molar-refractivity contribution in [1.82, 2.24) is 0 Å². The summed E-state index contributed by atoms with van der Waals surface area (Å²) in [6.07, 6.45) is 0. The second kappa shape index (κ2) is 9.50. The molecule has 6 nitrogen and oxygen atoms in total. The summed E-state index contributed by atoms with van der Waals surface area (Å²) in [5.74, 6) is -1.66. The third-order valence-electron chi connectivity index (χ3n) is 5.26. The SMILES string of the molecule is Cc1ccc(NC(=O)c2cccc(NC3=C(Cl)C(=O)N(c4ccc(C)c(Cl)c4)C3=O)c2)cc1Cl. The third-order valence-corrected chi connectivity index (χ3v) is 6.43. The molecule has 0 aromatic heterocycles. The first-order valence-electron chi connectivity index (χ1n) is 10.1. The molecule has 3 aromatic rings. The van der Waals surface area contributed by atoms with E-state index in [1.165, 1.54) is 6.07 Å². The van der Waals surface area contributed by atoms with Gasteiger partial charge in [0, 0.05) is 27.0 Å². The number of benzene rings is 3. The van der Waals surface area contributed by atoms with Crippen molar-refractivity contribution in [3.8, 4) is 0 Å². The summed E-state index contributed by atoms with van der Waals surface area (Å²) >= 11 is 18.5. The lowest BCUT2D eigenvalue weighted by molar-refractivity contribution is -0.120. The summed E-state index contributed by atoms with van der Waals surface area (Å²) in [5.41, 5.74) is 3.22. The van der Waals surface area contributed by atoms with Crippen LogP contribution in [0.25, 0.3) is 0 Å². The lowest BCUT2D eigenvalue weighted by atomic mass is 10.1. The van der Waals surface area contributed by atoms with Crippen molar-refractivity contribution in [1.29, 1.82) is 0 Å². The lowest BCUT2D eigenvalue weighted by Crippen LogP contribution is -2.32. The van der Waals surface area contributed by atoms with Crippen LogP contribution in [0.15, 0.2) is 71.4 Å². The largest absolute Gasteiger partial charge is 0.350 e. The van der Waals surface area contributed by atoms with Gasteiger partial charge in [0.1, 0.15) is 10.7 Å². The molecular formula is C25H18Cl3N3O3. The van der Waals surface area contributed by atoms with Crippen molar-refractivity contribution in [2.24, 2.45) is 0 Å². The summed E-state index contributed by atoms with van der Waals surface area (Å²) < 4.78 is 0. The Hall–Kier alpha value is -3.32. The number of nitrogens with zero attached hydrogens (tertiary/aromatic N) is 1. The summed E-state index contributed by atoms with van der Waals surface area (Å²) in [7, 11) is 0. The van der Waals surface area contributed by atoms with Gasteiger partial charge in [0.25, 0.3) is 17.7 Å². The van der Waals surface area contributed by atoms with Gasteiger partial charge in [-0.2, -0.15) is 0 Å². The third kappa shape index (κ3) is 4.66. The topological polar surface area (TPSA) is 78.5 Å². The van der Waals surface area contributed by atoms with Crippen molar-refractivity contribution in [2.75, 3.05) is 15.5 Å². The van der Waals surface area contributed by atoms with E-state index in [2.05, 4.69) is 10.6 Å². The van der Waals surface area contributed by atoms with Crippen LogP contribution in [0.4, 0.5) is 17.1 Å². The Bertz CT molecular complexity index is 1380. The van der Waals surface area contributed by atoms with Gasteiger partial charge in [0.15, 0.2) is 0 Å². The molecule has 0 fully saturated rings.